The van der Waals surface area contributed by atoms with Crippen LogP contribution < -0.4 is 5.32 Å². The average Bonchev–Trinajstić information content (AvgIpc) is 2.24. The molecule has 1 heterocycles. The number of carbonyl (C=O) groups is 2. The Balaban J connectivity index is 2.81. The molecule has 6 heteroatoms. The van der Waals surface area contributed by atoms with Crippen LogP contribution >= 0.6 is 0 Å². The number of pyridine rings is 1. The van der Waals surface area contributed by atoms with Gasteiger partial charge in [-0.1, -0.05) is 0 Å². The largest absolute Gasteiger partial charge is 0.480 e. The monoisotopic (exact) mass is 238 g/mol. The number of hydrogen-bond acceptors (Lipinski definition) is 4. The van der Waals surface area contributed by atoms with Crippen molar-refractivity contribution in [1.29, 1.82) is 0 Å². The van der Waals surface area contributed by atoms with Gasteiger partial charge in [0, 0.05) is 17.5 Å². The molecule has 1 aromatic heterocycles. The van der Waals surface area contributed by atoms with Gasteiger partial charge in [0.05, 0.1) is 6.10 Å². The highest BCUT2D eigenvalue weighted by Gasteiger charge is 2.25. The number of carboxylic acid groups (broad SMARTS) is 1. The number of hydrogen-bond donors (Lipinski definition) is 3. The molecule has 0 saturated carbocycles. The predicted octanol–water partition coefficient (Wildman–Crippen LogP) is -0.0462. The van der Waals surface area contributed by atoms with E-state index in [-0.39, 0.29) is 0 Å². The maximum atomic E-state index is 11.7. The van der Waals surface area contributed by atoms with Crippen molar-refractivity contribution in [2.24, 2.45) is 0 Å². The van der Waals surface area contributed by atoms with Crippen LogP contribution in [0.4, 0.5) is 0 Å². The van der Waals surface area contributed by atoms with Crippen molar-refractivity contribution in [3.05, 3.63) is 29.6 Å². The minimum atomic E-state index is -1.32. The summed E-state index contributed by atoms with van der Waals surface area (Å²) >= 11 is 0. The lowest BCUT2D eigenvalue weighted by molar-refractivity contribution is -0.141. The number of rotatable bonds is 4. The van der Waals surface area contributed by atoms with E-state index < -0.39 is 24.0 Å². The highest BCUT2D eigenvalue weighted by molar-refractivity contribution is 5.96. The van der Waals surface area contributed by atoms with Crippen molar-refractivity contribution >= 4 is 11.9 Å². The van der Waals surface area contributed by atoms with Gasteiger partial charge >= 0.3 is 5.97 Å². The minimum absolute atomic E-state index is 0.310. The second-order valence-electron chi connectivity index (χ2n) is 3.72. The predicted molar refractivity (Wildman–Crippen MR) is 59.5 cm³/mol. The normalized spacial score (nSPS) is 13.8. The van der Waals surface area contributed by atoms with Gasteiger partial charge < -0.3 is 15.5 Å². The van der Waals surface area contributed by atoms with Gasteiger partial charge in [0.25, 0.3) is 5.91 Å². The summed E-state index contributed by atoms with van der Waals surface area (Å²) in [5, 5.41) is 20.3. The number of aliphatic hydroxyl groups excluding tert-OH is 1. The Morgan fingerprint density at radius 1 is 1.47 bits per heavy atom. The highest BCUT2D eigenvalue weighted by atomic mass is 16.4. The number of amides is 1. The topological polar surface area (TPSA) is 99.5 Å². The molecule has 92 valence electrons. The molecule has 0 aliphatic rings. The fourth-order valence-corrected chi connectivity index (χ4v) is 1.30. The summed E-state index contributed by atoms with van der Waals surface area (Å²) in [6.45, 7) is 3.02. The molecule has 1 amide bonds. The van der Waals surface area contributed by atoms with Gasteiger partial charge in [-0.15, -0.1) is 0 Å². The van der Waals surface area contributed by atoms with Crippen LogP contribution in [-0.2, 0) is 4.79 Å². The molecule has 0 saturated heterocycles. The molecular formula is C11H14N2O4. The first kappa shape index (κ1) is 13.1. The summed E-state index contributed by atoms with van der Waals surface area (Å²) in [7, 11) is 0. The highest BCUT2D eigenvalue weighted by Crippen LogP contribution is 2.02. The first-order valence-corrected chi connectivity index (χ1v) is 5.06. The molecule has 0 fully saturated rings. The molecule has 2 atom stereocenters. The maximum Gasteiger partial charge on any atom is 0.328 e. The first-order chi connectivity index (χ1) is 7.91. The van der Waals surface area contributed by atoms with Crippen LogP contribution in [0.25, 0.3) is 0 Å². The molecule has 1 aromatic rings. The zero-order valence-corrected chi connectivity index (χ0v) is 9.54. The Morgan fingerprint density at radius 2 is 2.12 bits per heavy atom. The van der Waals surface area contributed by atoms with E-state index in [0.29, 0.717) is 11.3 Å². The lowest BCUT2D eigenvalue weighted by atomic mass is 10.1. The SMILES string of the molecule is Cc1cc(C(=O)N[C@H](C(=O)O)[C@@H](C)O)ccn1. The van der Waals surface area contributed by atoms with Crippen molar-refractivity contribution in [2.45, 2.75) is 26.0 Å². The number of aryl methyl sites for hydroxylation is 1. The summed E-state index contributed by atoms with van der Waals surface area (Å²) in [6, 6.07) is 1.69. The Hall–Kier alpha value is -1.95. The van der Waals surface area contributed by atoms with Gasteiger partial charge in [-0.2, -0.15) is 0 Å². The van der Waals surface area contributed by atoms with E-state index in [1.54, 1.807) is 6.92 Å². The number of carboxylic acids is 1. The number of nitrogens with one attached hydrogen (secondary N) is 1. The number of aliphatic carboxylic acids is 1. The number of aromatic nitrogens is 1. The van der Waals surface area contributed by atoms with Gasteiger partial charge in [0.1, 0.15) is 0 Å². The van der Waals surface area contributed by atoms with Crippen molar-refractivity contribution in [1.82, 2.24) is 10.3 Å². The van der Waals surface area contributed by atoms with Crippen LogP contribution in [-0.4, -0.2) is 39.2 Å². The zero-order chi connectivity index (χ0) is 13.0. The molecule has 0 radical (unpaired) electrons. The quantitative estimate of drug-likeness (QED) is 0.683. The average molecular weight is 238 g/mol. The van der Waals surface area contributed by atoms with Gasteiger partial charge in [-0.05, 0) is 26.0 Å². The lowest BCUT2D eigenvalue weighted by Crippen LogP contribution is -2.47. The third-order valence-corrected chi connectivity index (χ3v) is 2.19. The van der Waals surface area contributed by atoms with Crippen LogP contribution in [0, 0.1) is 6.92 Å². The van der Waals surface area contributed by atoms with Crippen LogP contribution in [0.3, 0.4) is 0 Å². The molecule has 6 nitrogen and oxygen atoms in total. The van der Waals surface area contributed by atoms with Gasteiger partial charge in [-0.3, -0.25) is 9.78 Å². The lowest BCUT2D eigenvalue weighted by Gasteiger charge is -2.16. The van der Waals surface area contributed by atoms with E-state index in [1.807, 2.05) is 0 Å². The molecule has 0 aliphatic heterocycles. The number of aliphatic hydroxyl groups is 1. The molecular weight excluding hydrogens is 224 g/mol. The first-order valence-electron chi connectivity index (χ1n) is 5.06. The van der Waals surface area contributed by atoms with E-state index in [2.05, 4.69) is 10.3 Å². The summed E-state index contributed by atoms with van der Waals surface area (Å²) in [4.78, 5) is 26.4. The van der Waals surface area contributed by atoms with E-state index in [0.717, 1.165) is 0 Å². The molecule has 3 N–H and O–H groups in total. The zero-order valence-electron chi connectivity index (χ0n) is 9.54. The van der Waals surface area contributed by atoms with Crippen LogP contribution in [0.1, 0.15) is 23.0 Å². The molecule has 17 heavy (non-hydrogen) atoms. The third-order valence-electron chi connectivity index (χ3n) is 2.19. The fraction of sp³-hybridized carbons (Fsp3) is 0.364. The summed E-state index contributed by atoms with van der Waals surface area (Å²) in [6.07, 6.45) is 0.293. The Kier molecular flexibility index (Phi) is 4.17. The van der Waals surface area contributed by atoms with Crippen molar-refractivity contribution in [2.75, 3.05) is 0 Å². The molecule has 0 spiro atoms. The Bertz CT molecular complexity index is 431. The van der Waals surface area contributed by atoms with E-state index in [9.17, 15) is 14.7 Å². The molecule has 1 rings (SSSR count). The van der Waals surface area contributed by atoms with Gasteiger partial charge in [-0.25, -0.2) is 4.79 Å². The Morgan fingerprint density at radius 3 is 2.59 bits per heavy atom. The van der Waals surface area contributed by atoms with Crippen molar-refractivity contribution < 1.29 is 19.8 Å². The summed E-state index contributed by atoms with van der Waals surface area (Å²) < 4.78 is 0. The van der Waals surface area contributed by atoms with Crippen LogP contribution in [0.15, 0.2) is 18.3 Å². The molecule has 0 unspecified atom stereocenters. The molecule has 0 bridgehead atoms. The number of nitrogens with zero attached hydrogens (tertiary/aromatic N) is 1. The maximum absolute atomic E-state index is 11.7. The second kappa shape index (κ2) is 5.40. The van der Waals surface area contributed by atoms with E-state index >= 15 is 0 Å². The minimum Gasteiger partial charge on any atom is -0.480 e. The van der Waals surface area contributed by atoms with Crippen molar-refractivity contribution in [3.63, 3.8) is 0 Å². The second-order valence-corrected chi connectivity index (χ2v) is 3.72. The Labute approximate surface area is 98.3 Å². The smallest absolute Gasteiger partial charge is 0.328 e. The van der Waals surface area contributed by atoms with Gasteiger partial charge in [0.15, 0.2) is 6.04 Å². The van der Waals surface area contributed by atoms with E-state index in [4.69, 9.17) is 5.11 Å². The van der Waals surface area contributed by atoms with E-state index in [1.165, 1.54) is 25.3 Å². The summed E-state index contributed by atoms with van der Waals surface area (Å²) in [5.74, 6) is -1.83. The summed E-state index contributed by atoms with van der Waals surface area (Å²) in [5.41, 5.74) is 0.964. The van der Waals surface area contributed by atoms with Gasteiger partial charge in [0.2, 0.25) is 0 Å². The van der Waals surface area contributed by atoms with Crippen molar-refractivity contribution in [3.8, 4) is 0 Å². The van der Waals surface area contributed by atoms with Crippen LogP contribution in [0.2, 0.25) is 0 Å². The molecule has 0 aromatic carbocycles. The standard InChI is InChI=1S/C11H14N2O4/c1-6-5-8(3-4-12-6)10(15)13-9(7(2)14)11(16)17/h3-5,7,9,14H,1-2H3,(H,13,15)(H,16,17)/t7-,9+/m1/s1. The third kappa shape index (κ3) is 3.53. The molecule has 0 aliphatic carbocycles. The fourth-order valence-electron chi connectivity index (χ4n) is 1.30. The van der Waals surface area contributed by atoms with Crippen LogP contribution in [0.5, 0.6) is 0 Å². The number of carbonyl (C=O) groups excluding carboxylic acids is 1.